The van der Waals surface area contributed by atoms with Gasteiger partial charge in [-0.3, -0.25) is 4.57 Å². The van der Waals surface area contributed by atoms with Crippen LogP contribution in [0.2, 0.25) is 0 Å². The zero-order chi connectivity index (χ0) is 21.8. The third-order valence-corrected chi connectivity index (χ3v) is 7.49. The van der Waals surface area contributed by atoms with Crippen LogP contribution in [-0.2, 0) is 9.84 Å². The molecule has 1 atom stereocenters. The van der Waals surface area contributed by atoms with Gasteiger partial charge in [0, 0.05) is 17.9 Å². The van der Waals surface area contributed by atoms with Gasteiger partial charge in [0.25, 0.3) is 0 Å². The van der Waals surface area contributed by atoms with Gasteiger partial charge in [-0.25, -0.2) is 18.4 Å². The Balaban J connectivity index is 1.65. The number of fused-ring (bicyclic) bond motifs is 3. The Bertz CT molecular complexity index is 1230. The van der Waals surface area contributed by atoms with Crippen molar-refractivity contribution in [3.8, 4) is 17.1 Å². The van der Waals surface area contributed by atoms with Gasteiger partial charge in [-0.2, -0.15) is 0 Å². The third kappa shape index (κ3) is 3.31. The van der Waals surface area contributed by atoms with E-state index in [-0.39, 0.29) is 10.9 Å². The first-order valence-electron chi connectivity index (χ1n) is 10.8. The van der Waals surface area contributed by atoms with Crippen molar-refractivity contribution in [3.05, 3.63) is 42.1 Å². The zero-order valence-electron chi connectivity index (χ0n) is 18.0. The zero-order valence-corrected chi connectivity index (χ0v) is 18.8. The lowest BCUT2D eigenvalue weighted by atomic mass is 10.0. The van der Waals surface area contributed by atoms with E-state index < -0.39 is 9.84 Å². The number of aromatic nitrogens is 5. The van der Waals surface area contributed by atoms with Gasteiger partial charge in [-0.05, 0) is 50.5 Å². The van der Waals surface area contributed by atoms with Crippen molar-refractivity contribution in [1.29, 1.82) is 0 Å². The summed E-state index contributed by atoms with van der Waals surface area (Å²) in [5, 5.41) is 8.84. The normalized spacial score (nSPS) is 18.8. The molecule has 1 aliphatic carbocycles. The van der Waals surface area contributed by atoms with Crippen LogP contribution in [0.15, 0.2) is 35.4 Å². The van der Waals surface area contributed by atoms with Crippen molar-refractivity contribution in [2.45, 2.75) is 62.9 Å². The van der Waals surface area contributed by atoms with E-state index in [4.69, 9.17) is 4.98 Å². The summed E-state index contributed by atoms with van der Waals surface area (Å²) in [7, 11) is -3.24. The van der Waals surface area contributed by atoms with Crippen LogP contribution in [0.4, 0.5) is 5.82 Å². The molecule has 2 aliphatic rings. The summed E-state index contributed by atoms with van der Waals surface area (Å²) in [4.78, 5) is 12.4. The highest BCUT2D eigenvalue weighted by Crippen LogP contribution is 2.43. The van der Waals surface area contributed by atoms with Gasteiger partial charge >= 0.3 is 0 Å². The number of hydrogen-bond donors (Lipinski definition) is 0. The summed E-state index contributed by atoms with van der Waals surface area (Å²) in [5.41, 5.74) is 1.70. The molecule has 0 saturated heterocycles. The van der Waals surface area contributed by atoms with Crippen molar-refractivity contribution in [1.82, 2.24) is 24.7 Å². The molecule has 8 nitrogen and oxygen atoms in total. The molecule has 0 radical (unpaired) electrons. The number of aryl methyl sites for hydroxylation is 1. The summed E-state index contributed by atoms with van der Waals surface area (Å²) in [6.45, 7) is 4.13. The van der Waals surface area contributed by atoms with Crippen LogP contribution in [0.3, 0.4) is 0 Å². The number of nitrogens with zero attached hydrogens (tertiary/aromatic N) is 6. The molecular weight excluding hydrogens is 412 g/mol. The van der Waals surface area contributed by atoms with Crippen molar-refractivity contribution in [3.63, 3.8) is 0 Å². The van der Waals surface area contributed by atoms with Gasteiger partial charge in [-0.15, -0.1) is 10.2 Å². The molecule has 5 rings (SSSR count). The van der Waals surface area contributed by atoms with Crippen LogP contribution in [0, 0.1) is 6.92 Å². The number of sulfone groups is 1. The molecule has 31 heavy (non-hydrogen) atoms. The molecule has 0 spiro atoms. The second kappa shape index (κ2) is 7.40. The monoisotopic (exact) mass is 438 g/mol. The number of benzene rings is 1. The summed E-state index contributed by atoms with van der Waals surface area (Å²) < 4.78 is 25.7. The largest absolute Gasteiger partial charge is 0.342 e. The smallest absolute Gasteiger partial charge is 0.175 e. The number of hydrogen-bond acceptors (Lipinski definition) is 7. The van der Waals surface area contributed by atoms with Crippen molar-refractivity contribution in [2.24, 2.45) is 0 Å². The molecule has 3 heterocycles. The minimum atomic E-state index is -3.24. The Morgan fingerprint density at radius 3 is 2.45 bits per heavy atom. The molecule has 9 heteroatoms. The molecule has 0 amide bonds. The fourth-order valence-corrected chi connectivity index (χ4v) is 5.49. The quantitative estimate of drug-likeness (QED) is 0.614. The van der Waals surface area contributed by atoms with E-state index in [1.807, 2.05) is 13.1 Å². The minimum absolute atomic E-state index is 0.118. The van der Waals surface area contributed by atoms with Crippen molar-refractivity contribution >= 4 is 15.7 Å². The third-order valence-electron chi connectivity index (χ3n) is 6.36. The molecule has 1 unspecified atom stereocenters. The molecule has 1 fully saturated rings. The first kappa shape index (κ1) is 20.1. The summed E-state index contributed by atoms with van der Waals surface area (Å²) in [6, 6.07) is 7.30. The predicted molar refractivity (Wildman–Crippen MR) is 118 cm³/mol. The SMILES string of the molecule is CCC1c2nnc(C)n2-c2cnc(-c3ccc(S(C)(=O)=O)cc3)nc2N1C1CCCC1. The maximum atomic E-state index is 11.8. The Hall–Kier alpha value is -2.81. The highest BCUT2D eigenvalue weighted by Gasteiger charge is 2.39. The fraction of sp³-hybridized carbons (Fsp3) is 0.455. The molecule has 2 aromatic heterocycles. The summed E-state index contributed by atoms with van der Waals surface area (Å²) in [5.74, 6) is 3.28. The van der Waals surface area contributed by atoms with Crippen LogP contribution in [0.5, 0.6) is 0 Å². The summed E-state index contributed by atoms with van der Waals surface area (Å²) >= 11 is 0. The maximum Gasteiger partial charge on any atom is 0.175 e. The van der Waals surface area contributed by atoms with Gasteiger partial charge in [0.1, 0.15) is 11.5 Å². The minimum Gasteiger partial charge on any atom is -0.342 e. The molecule has 1 aliphatic heterocycles. The van der Waals surface area contributed by atoms with Gasteiger partial charge in [0.2, 0.25) is 0 Å². The Kier molecular flexibility index (Phi) is 4.80. The van der Waals surface area contributed by atoms with E-state index in [0.717, 1.165) is 48.0 Å². The van der Waals surface area contributed by atoms with Crippen molar-refractivity contribution < 1.29 is 8.42 Å². The van der Waals surface area contributed by atoms with E-state index in [1.165, 1.54) is 19.1 Å². The van der Waals surface area contributed by atoms with Gasteiger partial charge in [0.15, 0.2) is 27.3 Å². The van der Waals surface area contributed by atoms with E-state index >= 15 is 0 Å². The van der Waals surface area contributed by atoms with Crippen LogP contribution in [0.1, 0.15) is 56.7 Å². The lowest BCUT2D eigenvalue weighted by Gasteiger charge is -2.41. The molecule has 1 aromatic carbocycles. The number of anilines is 1. The van der Waals surface area contributed by atoms with E-state index in [9.17, 15) is 8.42 Å². The predicted octanol–water partition coefficient (Wildman–Crippen LogP) is 3.65. The molecule has 0 bridgehead atoms. The van der Waals surface area contributed by atoms with Crippen molar-refractivity contribution in [2.75, 3.05) is 11.2 Å². The molecule has 3 aromatic rings. The first-order chi connectivity index (χ1) is 14.9. The average Bonchev–Trinajstić information content (AvgIpc) is 3.42. The van der Waals surface area contributed by atoms with Gasteiger partial charge in [0.05, 0.1) is 17.1 Å². The second-order valence-corrected chi connectivity index (χ2v) is 10.4. The van der Waals surface area contributed by atoms with E-state index in [2.05, 4.69) is 31.6 Å². The molecule has 162 valence electrons. The van der Waals surface area contributed by atoms with Gasteiger partial charge < -0.3 is 4.90 Å². The van der Waals surface area contributed by atoms with Crippen LogP contribution < -0.4 is 4.90 Å². The first-order valence-corrected chi connectivity index (χ1v) is 12.7. The molecule has 1 saturated carbocycles. The Morgan fingerprint density at radius 1 is 1.10 bits per heavy atom. The van der Waals surface area contributed by atoms with Crippen LogP contribution in [-0.4, -0.2) is 45.4 Å². The van der Waals surface area contributed by atoms with Gasteiger partial charge in [-0.1, -0.05) is 19.8 Å². The summed E-state index contributed by atoms with van der Waals surface area (Å²) in [6.07, 6.45) is 8.71. The average molecular weight is 439 g/mol. The highest BCUT2D eigenvalue weighted by molar-refractivity contribution is 7.90. The molecule has 0 N–H and O–H groups in total. The van der Waals surface area contributed by atoms with Crippen LogP contribution in [0.25, 0.3) is 17.1 Å². The molecular formula is C22H26N6O2S. The Morgan fingerprint density at radius 2 is 1.81 bits per heavy atom. The second-order valence-electron chi connectivity index (χ2n) is 8.41. The van der Waals surface area contributed by atoms with E-state index in [0.29, 0.717) is 11.9 Å². The van der Waals surface area contributed by atoms with Crippen LogP contribution >= 0.6 is 0 Å². The maximum absolute atomic E-state index is 11.8. The highest BCUT2D eigenvalue weighted by atomic mass is 32.2. The standard InChI is InChI=1S/C22H26N6O2S/c1-4-18-22-26-25-14(2)27(22)19-13-23-20(15-9-11-17(12-10-15)31(3,29)30)24-21(19)28(18)16-7-5-6-8-16/h9-13,16,18H,4-8H2,1-3H3. The Labute approximate surface area is 182 Å². The lowest BCUT2D eigenvalue weighted by Crippen LogP contribution is -2.42. The van der Waals surface area contributed by atoms with E-state index in [1.54, 1.807) is 24.3 Å². The topological polar surface area (TPSA) is 93.9 Å². The number of rotatable bonds is 4. The fourth-order valence-electron chi connectivity index (χ4n) is 4.86. The lowest BCUT2D eigenvalue weighted by molar-refractivity contribution is 0.468.